The number of anilines is 1. The van der Waals surface area contributed by atoms with Crippen molar-refractivity contribution in [3.05, 3.63) is 60.2 Å². The molecule has 1 atom stereocenters. The van der Waals surface area contributed by atoms with Gasteiger partial charge in [0.05, 0.1) is 19.1 Å². The van der Waals surface area contributed by atoms with Gasteiger partial charge in [0.15, 0.2) is 6.61 Å². The first-order valence-corrected chi connectivity index (χ1v) is 10.8. The molecule has 2 aromatic carbocycles. The number of benzene rings is 2. The third-order valence-electron chi connectivity index (χ3n) is 5.68. The molecule has 0 bridgehead atoms. The summed E-state index contributed by atoms with van der Waals surface area (Å²) < 4.78 is 10.8. The molecule has 8 nitrogen and oxygen atoms in total. The second-order valence-corrected chi connectivity index (χ2v) is 7.88. The Balaban J connectivity index is 1.27. The van der Waals surface area contributed by atoms with Crippen LogP contribution in [-0.4, -0.2) is 62.1 Å². The molecular weight excluding hydrogens is 410 g/mol. The van der Waals surface area contributed by atoms with Crippen molar-refractivity contribution >= 4 is 23.4 Å². The molecule has 0 spiro atoms. The number of ether oxygens (including phenoxy) is 2. The number of amides is 3. The summed E-state index contributed by atoms with van der Waals surface area (Å²) >= 11 is 0. The van der Waals surface area contributed by atoms with Crippen LogP contribution in [0.3, 0.4) is 0 Å². The molecule has 0 unspecified atom stereocenters. The summed E-state index contributed by atoms with van der Waals surface area (Å²) in [5.74, 6) is -0.101. The van der Waals surface area contributed by atoms with Crippen LogP contribution in [0.4, 0.5) is 5.69 Å². The van der Waals surface area contributed by atoms with Crippen molar-refractivity contribution in [1.29, 1.82) is 0 Å². The molecule has 2 aliphatic rings. The zero-order valence-electron chi connectivity index (χ0n) is 17.9. The summed E-state index contributed by atoms with van der Waals surface area (Å²) in [5.41, 5.74) is 1.73. The van der Waals surface area contributed by atoms with E-state index in [1.807, 2.05) is 30.3 Å². The van der Waals surface area contributed by atoms with Gasteiger partial charge in [0.1, 0.15) is 5.75 Å². The molecule has 1 N–H and O–H groups in total. The summed E-state index contributed by atoms with van der Waals surface area (Å²) in [6.45, 7) is 3.02. The maximum absolute atomic E-state index is 12.5. The second kappa shape index (κ2) is 10.3. The van der Waals surface area contributed by atoms with E-state index in [1.54, 1.807) is 34.1 Å². The second-order valence-electron chi connectivity index (χ2n) is 7.88. The Kier molecular flexibility index (Phi) is 7.01. The highest BCUT2D eigenvalue weighted by atomic mass is 16.5. The normalized spacial score (nSPS) is 18.5. The molecule has 2 aromatic rings. The summed E-state index contributed by atoms with van der Waals surface area (Å²) in [6.07, 6.45) is 0.187. The molecule has 0 saturated carbocycles. The Morgan fingerprint density at radius 2 is 1.75 bits per heavy atom. The van der Waals surface area contributed by atoms with E-state index >= 15 is 0 Å². The fraction of sp³-hybridized carbons (Fsp3) is 0.375. The molecule has 168 valence electrons. The number of rotatable bonds is 7. The third-order valence-corrected chi connectivity index (χ3v) is 5.68. The van der Waals surface area contributed by atoms with Crippen LogP contribution in [0.1, 0.15) is 12.0 Å². The van der Waals surface area contributed by atoms with Gasteiger partial charge in [-0.05, 0) is 29.8 Å². The highest BCUT2D eigenvalue weighted by Crippen LogP contribution is 2.27. The molecule has 0 radical (unpaired) electrons. The minimum atomic E-state index is -0.381. The van der Waals surface area contributed by atoms with Gasteiger partial charge >= 0.3 is 0 Å². The maximum atomic E-state index is 12.5. The predicted molar refractivity (Wildman–Crippen MR) is 118 cm³/mol. The van der Waals surface area contributed by atoms with E-state index < -0.39 is 0 Å². The number of carbonyl (C=O) groups is 3. The lowest BCUT2D eigenvalue weighted by molar-refractivity contribution is -0.137. The predicted octanol–water partition coefficient (Wildman–Crippen LogP) is 1.59. The maximum Gasteiger partial charge on any atom is 0.260 e. The molecule has 8 heteroatoms. The van der Waals surface area contributed by atoms with Crippen molar-refractivity contribution in [2.45, 2.75) is 13.0 Å². The Bertz CT molecular complexity index is 942. The molecule has 0 aliphatic carbocycles. The zero-order valence-corrected chi connectivity index (χ0v) is 17.9. The van der Waals surface area contributed by atoms with Crippen LogP contribution in [0.15, 0.2) is 54.6 Å². The van der Waals surface area contributed by atoms with Gasteiger partial charge in [-0.25, -0.2) is 0 Å². The van der Waals surface area contributed by atoms with Gasteiger partial charge in [-0.2, -0.15) is 0 Å². The molecule has 2 saturated heterocycles. The minimum absolute atomic E-state index is 0.0361. The summed E-state index contributed by atoms with van der Waals surface area (Å²) in [4.78, 5) is 40.5. The van der Waals surface area contributed by atoms with Crippen molar-refractivity contribution < 1.29 is 23.9 Å². The van der Waals surface area contributed by atoms with Crippen LogP contribution in [0.5, 0.6) is 5.75 Å². The number of hydrogen-bond acceptors (Lipinski definition) is 5. The van der Waals surface area contributed by atoms with Crippen LogP contribution in [0.25, 0.3) is 0 Å². The Morgan fingerprint density at radius 1 is 1.03 bits per heavy atom. The van der Waals surface area contributed by atoms with E-state index in [2.05, 4.69) is 5.32 Å². The van der Waals surface area contributed by atoms with Crippen LogP contribution in [0.2, 0.25) is 0 Å². The minimum Gasteiger partial charge on any atom is -0.484 e. The summed E-state index contributed by atoms with van der Waals surface area (Å²) in [5, 5.41) is 2.92. The van der Waals surface area contributed by atoms with Crippen molar-refractivity contribution in [2.75, 3.05) is 44.4 Å². The molecule has 2 heterocycles. The van der Waals surface area contributed by atoms with Gasteiger partial charge in [-0.15, -0.1) is 0 Å². The number of nitrogens with zero attached hydrogens (tertiary/aromatic N) is 2. The molecular formula is C24H27N3O5. The molecule has 4 rings (SSSR count). The van der Waals surface area contributed by atoms with Gasteiger partial charge < -0.3 is 24.6 Å². The van der Waals surface area contributed by atoms with Crippen molar-refractivity contribution in [3.8, 4) is 5.75 Å². The highest BCUT2D eigenvalue weighted by Gasteiger charge is 2.35. The van der Waals surface area contributed by atoms with Gasteiger partial charge in [0.25, 0.3) is 5.91 Å². The Labute approximate surface area is 187 Å². The summed E-state index contributed by atoms with van der Waals surface area (Å²) in [7, 11) is 0. The van der Waals surface area contributed by atoms with Crippen molar-refractivity contribution in [2.24, 2.45) is 5.92 Å². The van der Waals surface area contributed by atoms with Crippen molar-refractivity contribution in [3.63, 3.8) is 0 Å². The van der Waals surface area contributed by atoms with E-state index in [0.717, 1.165) is 5.56 Å². The smallest absolute Gasteiger partial charge is 0.260 e. The van der Waals surface area contributed by atoms with E-state index in [-0.39, 0.29) is 36.7 Å². The number of hydrogen-bond donors (Lipinski definition) is 1. The van der Waals surface area contributed by atoms with Crippen LogP contribution in [0, 0.1) is 5.92 Å². The Morgan fingerprint density at radius 3 is 2.47 bits per heavy atom. The van der Waals surface area contributed by atoms with Gasteiger partial charge in [-0.1, -0.05) is 30.3 Å². The van der Waals surface area contributed by atoms with E-state index in [1.165, 1.54) is 0 Å². The SMILES string of the molecule is O=C(NCc1ccccc1)[C@@H]1CC(=O)N(c2ccc(OCC(=O)N3CCOCC3)cc2)C1. The van der Waals surface area contributed by atoms with Crippen LogP contribution in [-0.2, 0) is 25.7 Å². The first kappa shape index (κ1) is 21.8. The Hall–Kier alpha value is -3.39. The molecule has 3 amide bonds. The van der Waals surface area contributed by atoms with Gasteiger partial charge in [-0.3, -0.25) is 14.4 Å². The quantitative estimate of drug-likeness (QED) is 0.711. The molecule has 0 aromatic heterocycles. The molecule has 2 fully saturated rings. The lowest BCUT2D eigenvalue weighted by Gasteiger charge is -2.26. The van der Waals surface area contributed by atoms with E-state index in [9.17, 15) is 14.4 Å². The first-order valence-electron chi connectivity index (χ1n) is 10.8. The third kappa shape index (κ3) is 5.45. The number of morpholine rings is 1. The number of nitrogens with one attached hydrogen (secondary N) is 1. The van der Waals surface area contributed by atoms with Gasteiger partial charge in [0.2, 0.25) is 11.8 Å². The average Bonchev–Trinajstić information content (AvgIpc) is 3.24. The average molecular weight is 437 g/mol. The highest BCUT2D eigenvalue weighted by molar-refractivity contribution is 6.00. The lowest BCUT2D eigenvalue weighted by atomic mass is 10.1. The fourth-order valence-electron chi connectivity index (χ4n) is 3.83. The topological polar surface area (TPSA) is 88.2 Å². The zero-order chi connectivity index (χ0) is 22.3. The number of carbonyl (C=O) groups excluding carboxylic acids is 3. The largest absolute Gasteiger partial charge is 0.484 e. The lowest BCUT2D eigenvalue weighted by Crippen LogP contribution is -2.42. The fourth-order valence-corrected chi connectivity index (χ4v) is 3.83. The van der Waals surface area contributed by atoms with Gasteiger partial charge in [0, 0.05) is 38.3 Å². The van der Waals surface area contributed by atoms with E-state index in [0.29, 0.717) is 50.8 Å². The monoisotopic (exact) mass is 437 g/mol. The van der Waals surface area contributed by atoms with Crippen LogP contribution >= 0.6 is 0 Å². The standard InChI is InChI=1S/C24H27N3O5/c28-22-14-19(24(30)25-15-18-4-2-1-3-5-18)16-27(22)20-6-8-21(9-7-20)32-17-23(29)26-10-12-31-13-11-26/h1-9,19H,10-17H2,(H,25,30)/t19-/m1/s1. The van der Waals surface area contributed by atoms with Crippen LogP contribution < -0.4 is 15.0 Å². The van der Waals surface area contributed by atoms with Crippen molar-refractivity contribution in [1.82, 2.24) is 10.2 Å². The van der Waals surface area contributed by atoms with E-state index in [4.69, 9.17) is 9.47 Å². The first-order chi connectivity index (χ1) is 15.6. The molecule has 2 aliphatic heterocycles. The summed E-state index contributed by atoms with van der Waals surface area (Å²) in [6, 6.07) is 16.7. The molecule has 32 heavy (non-hydrogen) atoms.